The number of likely N-dealkylation sites (tertiary alicyclic amines) is 1. The molecular weight excluding hydrogens is 386 g/mol. The molecule has 2 aliphatic heterocycles. The van der Waals surface area contributed by atoms with Crippen LogP contribution in [0, 0.1) is 0 Å². The molecule has 0 N–H and O–H groups in total. The fourth-order valence-corrected chi connectivity index (χ4v) is 4.72. The van der Waals surface area contributed by atoms with Crippen LogP contribution in [-0.4, -0.2) is 56.1 Å². The molecule has 0 radical (unpaired) electrons. The summed E-state index contributed by atoms with van der Waals surface area (Å²) in [6, 6.07) is 16.3. The van der Waals surface area contributed by atoms with E-state index in [2.05, 4.69) is 18.2 Å². The summed E-state index contributed by atoms with van der Waals surface area (Å²) in [5, 5.41) is 0. The number of carbonyl (C=O) groups is 1. The third-order valence-electron chi connectivity index (χ3n) is 5.43. The molecule has 2 aliphatic rings. The van der Waals surface area contributed by atoms with Gasteiger partial charge in [-0.1, -0.05) is 24.3 Å². The first-order chi connectivity index (χ1) is 14.2. The Kier molecular flexibility index (Phi) is 6.62. The molecule has 1 unspecified atom stereocenters. The molecule has 2 atom stereocenters. The van der Waals surface area contributed by atoms with E-state index in [9.17, 15) is 4.79 Å². The lowest BCUT2D eigenvalue weighted by Crippen LogP contribution is -2.27. The van der Waals surface area contributed by atoms with Crippen molar-refractivity contribution < 1.29 is 19.0 Å². The third kappa shape index (κ3) is 5.06. The van der Waals surface area contributed by atoms with Crippen molar-refractivity contribution in [1.82, 2.24) is 4.90 Å². The highest BCUT2D eigenvalue weighted by atomic mass is 32.2. The van der Waals surface area contributed by atoms with Crippen molar-refractivity contribution in [2.45, 2.75) is 29.8 Å². The van der Waals surface area contributed by atoms with Crippen LogP contribution in [0.3, 0.4) is 0 Å². The highest BCUT2D eigenvalue weighted by Gasteiger charge is 2.31. The molecule has 2 heterocycles. The van der Waals surface area contributed by atoms with Gasteiger partial charge in [0.2, 0.25) is 5.91 Å². The number of methoxy groups -OCH3 is 1. The Morgan fingerprint density at radius 1 is 1.17 bits per heavy atom. The van der Waals surface area contributed by atoms with Crippen molar-refractivity contribution in [1.29, 1.82) is 0 Å². The summed E-state index contributed by atoms with van der Waals surface area (Å²) in [5.74, 6) is 2.79. The van der Waals surface area contributed by atoms with E-state index in [1.54, 1.807) is 18.9 Å². The zero-order chi connectivity index (χ0) is 20.1. The maximum atomic E-state index is 12.5. The number of hydrogen-bond acceptors (Lipinski definition) is 5. The van der Waals surface area contributed by atoms with E-state index in [1.807, 2.05) is 35.2 Å². The van der Waals surface area contributed by atoms with Crippen LogP contribution in [-0.2, 0) is 9.53 Å². The van der Waals surface area contributed by atoms with Crippen molar-refractivity contribution in [3.05, 3.63) is 54.1 Å². The highest BCUT2D eigenvalue weighted by Crippen LogP contribution is 2.36. The molecule has 154 valence electrons. The average molecular weight is 414 g/mol. The van der Waals surface area contributed by atoms with E-state index in [-0.39, 0.29) is 17.9 Å². The number of thioether (sulfide) groups is 1. The second-order valence-electron chi connectivity index (χ2n) is 7.42. The molecule has 6 heteroatoms. The van der Waals surface area contributed by atoms with Gasteiger partial charge in [-0.3, -0.25) is 4.79 Å². The monoisotopic (exact) mass is 413 g/mol. The molecule has 2 fully saturated rings. The van der Waals surface area contributed by atoms with Gasteiger partial charge in [0.1, 0.15) is 6.10 Å². The number of nitrogens with zero attached hydrogens (tertiary/aromatic N) is 1. The Bertz CT molecular complexity index is 823. The zero-order valence-corrected chi connectivity index (χ0v) is 17.5. The minimum Gasteiger partial charge on any atom is -0.493 e. The molecule has 2 aromatic carbocycles. The molecular formula is C23H27NO4S. The fourth-order valence-electron chi connectivity index (χ4n) is 3.83. The summed E-state index contributed by atoms with van der Waals surface area (Å²) in [4.78, 5) is 15.8. The molecule has 0 aromatic heterocycles. The summed E-state index contributed by atoms with van der Waals surface area (Å²) in [7, 11) is 1.65. The first-order valence-electron chi connectivity index (χ1n) is 10.1. The summed E-state index contributed by atoms with van der Waals surface area (Å²) in [5.41, 5.74) is 1.13. The van der Waals surface area contributed by atoms with E-state index in [0.717, 1.165) is 48.9 Å². The van der Waals surface area contributed by atoms with Crippen LogP contribution in [0.2, 0.25) is 0 Å². The Balaban J connectivity index is 1.37. The van der Waals surface area contributed by atoms with Crippen LogP contribution in [0.4, 0.5) is 0 Å². The molecule has 0 saturated carbocycles. The molecule has 2 aromatic rings. The lowest BCUT2D eigenvalue weighted by molar-refractivity contribution is -0.127. The molecule has 5 nitrogen and oxygen atoms in total. The smallest absolute Gasteiger partial charge is 0.223 e. The summed E-state index contributed by atoms with van der Waals surface area (Å²) >= 11 is 1.79. The number of ether oxygens (including phenoxy) is 3. The van der Waals surface area contributed by atoms with Crippen molar-refractivity contribution in [2.75, 3.05) is 39.2 Å². The number of hydrogen-bond donors (Lipinski definition) is 0. The van der Waals surface area contributed by atoms with Gasteiger partial charge in [-0.15, -0.1) is 11.8 Å². The van der Waals surface area contributed by atoms with Crippen molar-refractivity contribution in [3.63, 3.8) is 0 Å². The number of rotatable bonds is 8. The molecule has 29 heavy (non-hydrogen) atoms. The van der Waals surface area contributed by atoms with Crippen LogP contribution < -0.4 is 9.47 Å². The predicted octanol–water partition coefficient (Wildman–Crippen LogP) is 3.97. The van der Waals surface area contributed by atoms with Gasteiger partial charge in [0.25, 0.3) is 0 Å². The Hall–Kier alpha value is -2.18. The van der Waals surface area contributed by atoms with E-state index >= 15 is 0 Å². The summed E-state index contributed by atoms with van der Waals surface area (Å²) < 4.78 is 17.0. The van der Waals surface area contributed by atoms with Gasteiger partial charge in [0.05, 0.1) is 20.3 Å². The normalized spacial score (nSPS) is 21.6. The van der Waals surface area contributed by atoms with E-state index in [4.69, 9.17) is 14.2 Å². The maximum Gasteiger partial charge on any atom is 0.223 e. The lowest BCUT2D eigenvalue weighted by atomic mass is 9.98. The number of carbonyl (C=O) groups excluding carboxylic acids is 1. The molecule has 0 spiro atoms. The molecule has 4 rings (SSSR count). The Morgan fingerprint density at radius 2 is 2.03 bits per heavy atom. The quantitative estimate of drug-likeness (QED) is 0.613. The van der Waals surface area contributed by atoms with E-state index in [0.29, 0.717) is 13.0 Å². The largest absolute Gasteiger partial charge is 0.493 e. The second-order valence-corrected chi connectivity index (χ2v) is 8.58. The lowest BCUT2D eigenvalue weighted by Gasteiger charge is -2.19. The van der Waals surface area contributed by atoms with Crippen LogP contribution in [0.25, 0.3) is 0 Å². The standard InChI is InChI=1S/C23H27NO4S/c1-26-21-8-7-17(13-22(21)28-19-9-11-27-16-19)18-14-23(25)24(15-18)10-12-29-20-5-3-2-4-6-20/h2-8,13,18-19H,9-12,14-16H2,1H3/t18-,19?/m1/s1. The van der Waals surface area contributed by atoms with Crippen LogP contribution in [0.15, 0.2) is 53.4 Å². The van der Waals surface area contributed by atoms with Gasteiger partial charge in [0, 0.05) is 42.5 Å². The van der Waals surface area contributed by atoms with Gasteiger partial charge in [-0.2, -0.15) is 0 Å². The zero-order valence-electron chi connectivity index (χ0n) is 16.7. The minimum absolute atomic E-state index is 0.0656. The molecule has 0 bridgehead atoms. The van der Waals surface area contributed by atoms with Gasteiger partial charge < -0.3 is 19.1 Å². The number of amides is 1. The van der Waals surface area contributed by atoms with Gasteiger partial charge in [0.15, 0.2) is 11.5 Å². The van der Waals surface area contributed by atoms with Crippen LogP contribution >= 0.6 is 11.8 Å². The van der Waals surface area contributed by atoms with Gasteiger partial charge in [-0.05, 0) is 29.8 Å². The van der Waals surface area contributed by atoms with Crippen molar-refractivity contribution in [2.24, 2.45) is 0 Å². The topological polar surface area (TPSA) is 48.0 Å². The van der Waals surface area contributed by atoms with Gasteiger partial charge in [-0.25, -0.2) is 0 Å². The molecule has 1 amide bonds. The summed E-state index contributed by atoms with van der Waals surface area (Å²) in [6.07, 6.45) is 1.51. The van der Waals surface area contributed by atoms with Crippen molar-refractivity contribution in [3.8, 4) is 11.5 Å². The van der Waals surface area contributed by atoms with Crippen molar-refractivity contribution >= 4 is 17.7 Å². The predicted molar refractivity (Wildman–Crippen MR) is 114 cm³/mol. The second kappa shape index (κ2) is 9.55. The van der Waals surface area contributed by atoms with Gasteiger partial charge >= 0.3 is 0 Å². The third-order valence-corrected chi connectivity index (χ3v) is 6.42. The molecule has 2 saturated heterocycles. The SMILES string of the molecule is COc1ccc([C@@H]2CC(=O)N(CCSc3ccccc3)C2)cc1OC1CCOC1. The minimum atomic E-state index is 0.0656. The fraction of sp³-hybridized carbons (Fsp3) is 0.435. The average Bonchev–Trinajstić information content (AvgIpc) is 3.39. The maximum absolute atomic E-state index is 12.5. The van der Waals surface area contributed by atoms with E-state index in [1.165, 1.54) is 4.90 Å². The molecule has 0 aliphatic carbocycles. The first-order valence-corrected chi connectivity index (χ1v) is 11.1. The number of benzene rings is 2. The highest BCUT2D eigenvalue weighted by molar-refractivity contribution is 7.99. The Morgan fingerprint density at radius 3 is 2.79 bits per heavy atom. The van der Waals surface area contributed by atoms with Crippen LogP contribution in [0.1, 0.15) is 24.3 Å². The first kappa shape index (κ1) is 20.1. The van der Waals surface area contributed by atoms with Crippen LogP contribution in [0.5, 0.6) is 11.5 Å². The summed E-state index contributed by atoms with van der Waals surface area (Å²) in [6.45, 7) is 2.88. The Labute approximate surface area is 176 Å². The van der Waals surface area contributed by atoms with E-state index < -0.39 is 0 Å².